The minimum atomic E-state index is -3.59. The molecule has 7 heteroatoms. The first kappa shape index (κ1) is 25.5. The number of hydrogen-bond acceptors (Lipinski definition) is 3. The van der Waals surface area contributed by atoms with Crippen LogP contribution in [0.25, 0.3) is 0 Å². The number of carbonyl (C=O) groups is 1. The highest BCUT2D eigenvalue weighted by atomic mass is 35.5. The number of benzene rings is 4. The van der Waals surface area contributed by atoms with Gasteiger partial charge in [-0.1, -0.05) is 90.0 Å². The van der Waals surface area contributed by atoms with Gasteiger partial charge in [-0.05, 0) is 53.9 Å². The third-order valence-electron chi connectivity index (χ3n) is 5.91. The van der Waals surface area contributed by atoms with E-state index >= 15 is 0 Å². The monoisotopic (exact) mass is 518 g/mol. The molecule has 5 nitrogen and oxygen atoms in total. The second-order valence-corrected chi connectivity index (χ2v) is 10.9. The molecule has 4 aromatic carbocycles. The Morgan fingerprint density at radius 3 is 2.03 bits per heavy atom. The molecule has 0 radical (unpaired) electrons. The van der Waals surface area contributed by atoms with Crippen molar-refractivity contribution in [2.24, 2.45) is 0 Å². The molecule has 1 atom stereocenters. The molecular formula is C29H27ClN2O3S. The summed E-state index contributed by atoms with van der Waals surface area (Å²) in [7, 11) is -3.59. The summed E-state index contributed by atoms with van der Waals surface area (Å²) >= 11 is 6.26. The topological polar surface area (TPSA) is 66.5 Å². The Morgan fingerprint density at radius 1 is 0.833 bits per heavy atom. The van der Waals surface area contributed by atoms with E-state index in [0.29, 0.717) is 21.8 Å². The van der Waals surface area contributed by atoms with E-state index in [2.05, 4.69) is 5.32 Å². The first-order valence-electron chi connectivity index (χ1n) is 11.5. The number of nitrogens with zero attached hydrogens (tertiary/aromatic N) is 1. The van der Waals surface area contributed by atoms with Gasteiger partial charge in [0.05, 0.1) is 24.5 Å². The Labute approximate surface area is 217 Å². The minimum Gasteiger partial charge on any atom is -0.341 e. The molecule has 0 aliphatic carbocycles. The van der Waals surface area contributed by atoms with Gasteiger partial charge in [-0.3, -0.25) is 9.10 Å². The molecule has 4 rings (SSSR count). The van der Waals surface area contributed by atoms with Crippen LogP contribution in [0.3, 0.4) is 0 Å². The molecule has 0 aliphatic heterocycles. The highest BCUT2D eigenvalue weighted by Crippen LogP contribution is 2.26. The highest BCUT2D eigenvalue weighted by molar-refractivity contribution is 7.92. The van der Waals surface area contributed by atoms with Crippen LogP contribution in [0, 0.1) is 6.92 Å². The number of rotatable bonds is 8. The van der Waals surface area contributed by atoms with Crippen molar-refractivity contribution in [2.75, 3.05) is 10.6 Å². The van der Waals surface area contributed by atoms with Gasteiger partial charge < -0.3 is 5.32 Å². The van der Waals surface area contributed by atoms with Gasteiger partial charge >= 0.3 is 0 Å². The van der Waals surface area contributed by atoms with Gasteiger partial charge in [0.25, 0.3) is 5.91 Å². The Balaban J connectivity index is 1.58. The SMILES string of the molecule is Cc1ccc([C@H](NC(=O)c2ccc(N(Cc3ccccc3Cl)S(C)(=O)=O)cc2)c2ccccc2)cc1. The molecule has 0 unspecified atom stereocenters. The molecule has 184 valence electrons. The second kappa shape index (κ2) is 11.0. The largest absolute Gasteiger partial charge is 0.341 e. The summed E-state index contributed by atoms with van der Waals surface area (Å²) in [5.41, 5.74) is 4.65. The van der Waals surface area contributed by atoms with Crippen molar-refractivity contribution in [3.8, 4) is 0 Å². The highest BCUT2D eigenvalue weighted by Gasteiger charge is 2.21. The van der Waals surface area contributed by atoms with E-state index < -0.39 is 10.0 Å². The molecule has 0 fully saturated rings. The molecule has 1 amide bonds. The Morgan fingerprint density at radius 2 is 1.42 bits per heavy atom. The Kier molecular flexibility index (Phi) is 7.77. The Hall–Kier alpha value is -3.61. The van der Waals surface area contributed by atoms with Crippen molar-refractivity contribution in [2.45, 2.75) is 19.5 Å². The lowest BCUT2D eigenvalue weighted by molar-refractivity contribution is 0.0943. The van der Waals surface area contributed by atoms with Crippen LogP contribution in [-0.2, 0) is 16.6 Å². The lowest BCUT2D eigenvalue weighted by atomic mass is 9.97. The van der Waals surface area contributed by atoms with E-state index in [1.165, 1.54) is 4.31 Å². The number of hydrogen-bond donors (Lipinski definition) is 1. The van der Waals surface area contributed by atoms with Crippen LogP contribution < -0.4 is 9.62 Å². The normalized spacial score (nSPS) is 12.1. The van der Waals surface area contributed by atoms with E-state index in [1.807, 2.05) is 67.6 Å². The number of amides is 1. The lowest BCUT2D eigenvalue weighted by Gasteiger charge is -2.23. The summed E-state index contributed by atoms with van der Waals surface area (Å²) in [5.74, 6) is -0.256. The van der Waals surface area contributed by atoms with Gasteiger partial charge in [0.2, 0.25) is 10.0 Å². The standard InChI is InChI=1S/C29H27ClN2O3S/c1-21-12-14-23(15-13-21)28(22-8-4-3-5-9-22)31-29(33)24-16-18-26(19-17-24)32(36(2,34)35)20-25-10-6-7-11-27(25)30/h3-19,28H,20H2,1-2H3,(H,31,33)/t28-/m1/s1. The average molecular weight is 519 g/mol. The predicted octanol–water partition coefficient (Wildman–Crippen LogP) is 6.13. The molecular weight excluding hydrogens is 492 g/mol. The van der Waals surface area contributed by atoms with E-state index in [1.54, 1.807) is 42.5 Å². The molecule has 0 saturated heterocycles. The van der Waals surface area contributed by atoms with Crippen molar-refractivity contribution in [1.82, 2.24) is 5.32 Å². The minimum absolute atomic E-state index is 0.0908. The Bertz CT molecular complexity index is 1440. The second-order valence-electron chi connectivity index (χ2n) is 8.64. The van der Waals surface area contributed by atoms with Crippen LogP contribution in [0.2, 0.25) is 5.02 Å². The van der Waals surface area contributed by atoms with Gasteiger partial charge in [-0.25, -0.2) is 8.42 Å². The maximum absolute atomic E-state index is 13.2. The third kappa shape index (κ3) is 6.14. The summed E-state index contributed by atoms with van der Waals surface area (Å²) in [6.45, 7) is 2.11. The summed E-state index contributed by atoms with van der Waals surface area (Å²) in [6.07, 6.45) is 1.15. The zero-order valence-corrected chi connectivity index (χ0v) is 21.6. The number of nitrogens with one attached hydrogen (secondary N) is 1. The molecule has 0 aromatic heterocycles. The molecule has 4 aromatic rings. The molecule has 0 bridgehead atoms. The van der Waals surface area contributed by atoms with Crippen LogP contribution in [-0.4, -0.2) is 20.6 Å². The molecule has 0 spiro atoms. The smallest absolute Gasteiger partial charge is 0.252 e. The molecule has 1 N–H and O–H groups in total. The molecule has 0 heterocycles. The van der Waals surface area contributed by atoms with Crippen molar-refractivity contribution in [3.05, 3.63) is 136 Å². The number of carbonyl (C=O) groups excluding carboxylic acids is 1. The van der Waals surface area contributed by atoms with E-state index in [4.69, 9.17) is 11.6 Å². The fourth-order valence-corrected chi connectivity index (χ4v) is 5.01. The van der Waals surface area contributed by atoms with Gasteiger partial charge in [0.15, 0.2) is 0 Å². The first-order valence-corrected chi connectivity index (χ1v) is 13.7. The fraction of sp³-hybridized carbons (Fsp3) is 0.138. The van der Waals surface area contributed by atoms with Crippen LogP contribution in [0.5, 0.6) is 0 Å². The summed E-state index contributed by atoms with van der Waals surface area (Å²) in [4.78, 5) is 13.2. The summed E-state index contributed by atoms with van der Waals surface area (Å²) in [5, 5.41) is 3.61. The maximum atomic E-state index is 13.2. The summed E-state index contributed by atoms with van der Waals surface area (Å²) < 4.78 is 26.4. The lowest BCUT2D eigenvalue weighted by Crippen LogP contribution is -2.30. The van der Waals surface area contributed by atoms with Crippen molar-refractivity contribution in [3.63, 3.8) is 0 Å². The zero-order chi connectivity index (χ0) is 25.7. The van der Waals surface area contributed by atoms with E-state index in [9.17, 15) is 13.2 Å². The first-order chi connectivity index (χ1) is 17.2. The van der Waals surface area contributed by atoms with Crippen molar-refractivity contribution in [1.29, 1.82) is 0 Å². The predicted molar refractivity (Wildman–Crippen MR) is 146 cm³/mol. The fourth-order valence-electron chi connectivity index (χ4n) is 3.94. The maximum Gasteiger partial charge on any atom is 0.252 e. The van der Waals surface area contributed by atoms with Crippen molar-refractivity contribution < 1.29 is 13.2 Å². The molecule has 0 aliphatic rings. The number of anilines is 1. The van der Waals surface area contributed by atoms with Crippen LogP contribution >= 0.6 is 11.6 Å². The number of sulfonamides is 1. The van der Waals surface area contributed by atoms with Gasteiger partial charge in [0, 0.05) is 10.6 Å². The van der Waals surface area contributed by atoms with Crippen LogP contribution in [0.1, 0.15) is 38.7 Å². The molecule has 0 saturated carbocycles. The zero-order valence-electron chi connectivity index (χ0n) is 20.1. The quantitative estimate of drug-likeness (QED) is 0.305. The van der Waals surface area contributed by atoms with E-state index in [-0.39, 0.29) is 18.5 Å². The third-order valence-corrected chi connectivity index (χ3v) is 7.42. The molecule has 36 heavy (non-hydrogen) atoms. The average Bonchev–Trinajstić information content (AvgIpc) is 2.87. The van der Waals surface area contributed by atoms with Crippen molar-refractivity contribution >= 4 is 33.2 Å². The van der Waals surface area contributed by atoms with E-state index in [0.717, 1.165) is 22.9 Å². The van der Waals surface area contributed by atoms with Gasteiger partial charge in [-0.2, -0.15) is 0 Å². The number of aryl methyl sites for hydroxylation is 1. The summed E-state index contributed by atoms with van der Waals surface area (Å²) in [6, 6.07) is 31.2. The van der Waals surface area contributed by atoms with Crippen LogP contribution in [0.15, 0.2) is 103 Å². The van der Waals surface area contributed by atoms with Gasteiger partial charge in [0.1, 0.15) is 0 Å². The number of halogens is 1. The van der Waals surface area contributed by atoms with Crippen LogP contribution in [0.4, 0.5) is 5.69 Å². The van der Waals surface area contributed by atoms with Gasteiger partial charge in [-0.15, -0.1) is 0 Å².